The lowest BCUT2D eigenvalue weighted by atomic mass is 10.1. The minimum Gasteiger partial charge on any atom is -0.481 e. The number of nitrogens with zero attached hydrogens (tertiary/aromatic N) is 1. The molecule has 0 aliphatic rings. The fourth-order valence-electron chi connectivity index (χ4n) is 1.45. The van der Waals surface area contributed by atoms with Gasteiger partial charge in [0.05, 0.1) is 6.54 Å². The lowest BCUT2D eigenvalue weighted by Crippen LogP contribution is -2.35. The number of allylic oxidation sites excluding steroid dienone is 1. The Hall–Kier alpha value is -1.81. The molecule has 1 rings (SSSR count). The molecule has 6 heteroatoms. The molecule has 5 nitrogen and oxygen atoms in total. The summed E-state index contributed by atoms with van der Waals surface area (Å²) in [5, 5.41) is 0. The average molecular weight is 308 g/mol. The molecule has 0 heterocycles. The van der Waals surface area contributed by atoms with Gasteiger partial charge >= 0.3 is 0 Å². The van der Waals surface area contributed by atoms with Gasteiger partial charge in [-0.2, -0.15) is 17.4 Å². The molecule has 21 heavy (non-hydrogen) atoms. The Labute approximate surface area is 126 Å². The Bertz CT molecular complexity index is 628. The first-order valence-electron chi connectivity index (χ1n) is 6.42. The summed E-state index contributed by atoms with van der Waals surface area (Å²) in [6.45, 7) is 3.96. The van der Waals surface area contributed by atoms with Crippen LogP contribution in [-0.4, -0.2) is 40.0 Å². The molecule has 0 aromatic heterocycles. The lowest BCUT2D eigenvalue weighted by Gasteiger charge is -2.09. The number of hydrogen-bond acceptors (Lipinski definition) is 3. The van der Waals surface area contributed by atoms with E-state index in [1.165, 1.54) is 14.1 Å². The van der Waals surface area contributed by atoms with Gasteiger partial charge in [0, 0.05) is 14.1 Å². The summed E-state index contributed by atoms with van der Waals surface area (Å²) in [5.41, 5.74) is 1.04. The van der Waals surface area contributed by atoms with Crippen LogP contribution in [0.4, 0.5) is 0 Å². The molecule has 0 saturated carbocycles. The number of ether oxygens (including phenoxy) is 1. The number of rotatable bonds is 7. The fraction of sp³-hybridized carbons (Fsp3) is 0.333. The van der Waals surface area contributed by atoms with Crippen molar-refractivity contribution in [3.05, 3.63) is 42.5 Å². The van der Waals surface area contributed by atoms with Crippen LogP contribution in [0.1, 0.15) is 5.56 Å². The van der Waals surface area contributed by atoms with Crippen LogP contribution in [0.25, 0.3) is 0 Å². The van der Waals surface area contributed by atoms with E-state index in [1.807, 2.05) is 30.3 Å². The van der Waals surface area contributed by atoms with Crippen molar-refractivity contribution in [2.24, 2.45) is 0 Å². The predicted octanol–water partition coefficient (Wildman–Crippen LogP) is 1.19. The Morgan fingerprint density at radius 1 is 1.33 bits per heavy atom. The smallest absolute Gasteiger partial charge is 0.279 e. The molecule has 1 aromatic carbocycles. The van der Waals surface area contributed by atoms with Crippen LogP contribution in [0.2, 0.25) is 0 Å². The SMILES string of the molecule is C=CCc1ccccc1OCC#CCNS(=O)(=O)N(C)C. The zero-order valence-electron chi connectivity index (χ0n) is 12.3. The largest absolute Gasteiger partial charge is 0.481 e. The van der Waals surface area contributed by atoms with Crippen LogP contribution in [0.15, 0.2) is 36.9 Å². The van der Waals surface area contributed by atoms with E-state index in [1.54, 1.807) is 0 Å². The zero-order chi connectivity index (χ0) is 15.7. The Kier molecular flexibility index (Phi) is 6.96. The molecule has 0 atom stereocenters. The van der Waals surface area contributed by atoms with Crippen molar-refractivity contribution in [1.82, 2.24) is 9.03 Å². The third kappa shape index (κ3) is 6.00. The van der Waals surface area contributed by atoms with Gasteiger partial charge in [-0.25, -0.2) is 0 Å². The van der Waals surface area contributed by atoms with Crippen molar-refractivity contribution >= 4 is 10.2 Å². The van der Waals surface area contributed by atoms with Crippen molar-refractivity contribution in [2.45, 2.75) is 6.42 Å². The van der Waals surface area contributed by atoms with Crippen LogP contribution in [0, 0.1) is 11.8 Å². The Balaban J connectivity index is 2.45. The van der Waals surface area contributed by atoms with Crippen LogP contribution in [0.5, 0.6) is 5.75 Å². The zero-order valence-corrected chi connectivity index (χ0v) is 13.1. The number of para-hydroxylation sites is 1. The third-order valence-electron chi connectivity index (χ3n) is 2.59. The predicted molar refractivity (Wildman–Crippen MR) is 84.2 cm³/mol. The summed E-state index contributed by atoms with van der Waals surface area (Å²) in [6.07, 6.45) is 2.54. The molecule has 0 aliphatic heterocycles. The molecule has 114 valence electrons. The maximum Gasteiger partial charge on any atom is 0.279 e. The fourth-order valence-corrected chi connectivity index (χ4v) is 1.97. The number of nitrogens with one attached hydrogen (secondary N) is 1. The maximum absolute atomic E-state index is 11.4. The summed E-state index contributed by atoms with van der Waals surface area (Å²) < 4.78 is 31.8. The van der Waals surface area contributed by atoms with E-state index in [-0.39, 0.29) is 13.2 Å². The second-order valence-electron chi connectivity index (χ2n) is 4.35. The average Bonchev–Trinajstić information content (AvgIpc) is 2.44. The third-order valence-corrected chi connectivity index (χ3v) is 4.06. The van der Waals surface area contributed by atoms with E-state index >= 15 is 0 Å². The van der Waals surface area contributed by atoms with Crippen LogP contribution in [0.3, 0.4) is 0 Å². The van der Waals surface area contributed by atoms with Crippen molar-refractivity contribution < 1.29 is 13.2 Å². The van der Waals surface area contributed by atoms with Gasteiger partial charge in [-0.05, 0) is 18.1 Å². The summed E-state index contributed by atoms with van der Waals surface area (Å²) >= 11 is 0. The molecule has 0 unspecified atom stereocenters. The first-order chi connectivity index (χ1) is 9.97. The van der Waals surface area contributed by atoms with Gasteiger partial charge in [-0.3, -0.25) is 0 Å². The van der Waals surface area contributed by atoms with E-state index in [0.29, 0.717) is 0 Å². The van der Waals surface area contributed by atoms with Crippen molar-refractivity contribution in [3.8, 4) is 17.6 Å². The van der Waals surface area contributed by atoms with Gasteiger partial charge in [0.15, 0.2) is 0 Å². The molecule has 0 radical (unpaired) electrons. The minimum absolute atomic E-state index is 0.0537. The molecule has 1 aromatic rings. The molecule has 0 fully saturated rings. The normalized spacial score (nSPS) is 10.8. The summed E-state index contributed by atoms with van der Waals surface area (Å²) in [5.74, 6) is 6.24. The quantitative estimate of drug-likeness (QED) is 0.608. The van der Waals surface area contributed by atoms with E-state index < -0.39 is 10.2 Å². The standard InChI is InChI=1S/C15H20N2O3S/c1-4-9-14-10-5-6-11-15(14)20-13-8-7-12-16-21(18,19)17(2)3/h4-6,10-11,16H,1,9,12-13H2,2-3H3. The van der Waals surface area contributed by atoms with E-state index in [0.717, 1.165) is 22.0 Å². The highest BCUT2D eigenvalue weighted by Gasteiger charge is 2.10. The van der Waals surface area contributed by atoms with E-state index in [2.05, 4.69) is 23.1 Å². The topological polar surface area (TPSA) is 58.6 Å². The van der Waals surface area contributed by atoms with Crippen molar-refractivity contribution in [2.75, 3.05) is 27.2 Å². The monoisotopic (exact) mass is 308 g/mol. The summed E-state index contributed by atoms with van der Waals surface area (Å²) in [7, 11) is -0.515. The second kappa shape index (κ2) is 8.47. The summed E-state index contributed by atoms with van der Waals surface area (Å²) in [6, 6.07) is 7.67. The molecule has 0 bridgehead atoms. The van der Waals surface area contributed by atoms with Gasteiger partial charge in [0.1, 0.15) is 12.4 Å². The van der Waals surface area contributed by atoms with Gasteiger partial charge in [0.2, 0.25) is 0 Å². The molecular formula is C15H20N2O3S. The maximum atomic E-state index is 11.4. The Morgan fingerprint density at radius 3 is 2.71 bits per heavy atom. The highest BCUT2D eigenvalue weighted by atomic mass is 32.2. The second-order valence-corrected chi connectivity index (χ2v) is 6.32. The molecule has 0 amide bonds. The first-order valence-corrected chi connectivity index (χ1v) is 7.86. The molecule has 0 saturated heterocycles. The highest BCUT2D eigenvalue weighted by molar-refractivity contribution is 7.87. The highest BCUT2D eigenvalue weighted by Crippen LogP contribution is 2.18. The van der Waals surface area contributed by atoms with Gasteiger partial charge in [-0.1, -0.05) is 36.1 Å². The lowest BCUT2D eigenvalue weighted by molar-refractivity contribution is 0.366. The first kappa shape index (κ1) is 17.2. The minimum atomic E-state index is -3.42. The van der Waals surface area contributed by atoms with Gasteiger partial charge in [-0.15, -0.1) is 6.58 Å². The van der Waals surface area contributed by atoms with Gasteiger partial charge in [0.25, 0.3) is 10.2 Å². The van der Waals surface area contributed by atoms with Crippen LogP contribution >= 0.6 is 0 Å². The summed E-state index contributed by atoms with van der Waals surface area (Å²) in [4.78, 5) is 0. The Morgan fingerprint density at radius 2 is 2.05 bits per heavy atom. The molecular weight excluding hydrogens is 288 g/mol. The molecule has 0 spiro atoms. The number of benzene rings is 1. The van der Waals surface area contributed by atoms with Crippen LogP contribution < -0.4 is 9.46 Å². The van der Waals surface area contributed by atoms with E-state index in [4.69, 9.17) is 4.74 Å². The van der Waals surface area contributed by atoms with Crippen molar-refractivity contribution in [3.63, 3.8) is 0 Å². The van der Waals surface area contributed by atoms with Gasteiger partial charge < -0.3 is 4.74 Å². The molecule has 1 N–H and O–H groups in total. The molecule has 0 aliphatic carbocycles. The van der Waals surface area contributed by atoms with E-state index in [9.17, 15) is 8.42 Å². The van der Waals surface area contributed by atoms with Crippen LogP contribution in [-0.2, 0) is 16.6 Å². The van der Waals surface area contributed by atoms with Crippen molar-refractivity contribution in [1.29, 1.82) is 0 Å². The number of hydrogen-bond donors (Lipinski definition) is 1.